The van der Waals surface area contributed by atoms with Crippen LogP contribution < -0.4 is 5.32 Å². The molecule has 0 bridgehead atoms. The number of rotatable bonds is 6. The van der Waals surface area contributed by atoms with E-state index in [1.807, 2.05) is 11.3 Å². The van der Waals surface area contributed by atoms with Gasteiger partial charge in [0, 0.05) is 22.8 Å². The van der Waals surface area contributed by atoms with Crippen LogP contribution in [0.4, 0.5) is 0 Å². The molecule has 2 nitrogen and oxygen atoms in total. The van der Waals surface area contributed by atoms with Crippen molar-refractivity contribution < 1.29 is 0 Å². The quantitative estimate of drug-likeness (QED) is 0.837. The summed E-state index contributed by atoms with van der Waals surface area (Å²) < 4.78 is 0. The molecule has 1 fully saturated rings. The van der Waals surface area contributed by atoms with E-state index in [0.29, 0.717) is 0 Å². The fraction of sp³-hybridized carbons (Fsp3) is 0.714. The van der Waals surface area contributed by atoms with Crippen LogP contribution in [-0.2, 0) is 6.54 Å². The molecule has 3 heteroatoms. The zero-order chi connectivity index (χ0) is 12.1. The van der Waals surface area contributed by atoms with Crippen LogP contribution in [0.15, 0.2) is 12.1 Å². The molecule has 1 unspecified atom stereocenters. The van der Waals surface area contributed by atoms with Crippen molar-refractivity contribution in [1.29, 1.82) is 0 Å². The lowest BCUT2D eigenvalue weighted by Crippen LogP contribution is -2.31. The van der Waals surface area contributed by atoms with E-state index < -0.39 is 0 Å². The fourth-order valence-corrected chi connectivity index (χ4v) is 3.35. The first-order valence-electron chi connectivity index (χ1n) is 6.72. The van der Waals surface area contributed by atoms with Crippen molar-refractivity contribution in [2.45, 2.75) is 33.2 Å². The highest BCUT2D eigenvalue weighted by Crippen LogP contribution is 2.14. The lowest BCUT2D eigenvalue weighted by molar-refractivity contribution is 0.283. The third kappa shape index (κ3) is 4.41. The number of nitrogens with zero attached hydrogens (tertiary/aromatic N) is 1. The van der Waals surface area contributed by atoms with Gasteiger partial charge in [-0.25, -0.2) is 0 Å². The van der Waals surface area contributed by atoms with E-state index in [9.17, 15) is 0 Å². The molecular weight excluding hydrogens is 228 g/mol. The molecular formula is C14H24N2S. The van der Waals surface area contributed by atoms with Crippen molar-refractivity contribution in [2.24, 2.45) is 5.92 Å². The number of aryl methyl sites for hydroxylation is 1. The Bertz CT molecular complexity index is 329. The molecule has 1 aliphatic rings. The lowest BCUT2D eigenvalue weighted by Gasteiger charge is -2.20. The largest absolute Gasteiger partial charge is 0.312 e. The first kappa shape index (κ1) is 13.1. The fourth-order valence-electron chi connectivity index (χ4n) is 2.49. The summed E-state index contributed by atoms with van der Waals surface area (Å²) in [5.41, 5.74) is 0. The molecule has 2 heterocycles. The Hall–Kier alpha value is -0.380. The standard InChI is InChI=1S/C14H24N2S/c1-12(11-16-7-3-4-8-16)9-15-10-14-6-5-13(2)17-14/h5-6,12,15H,3-4,7-11H2,1-2H3. The van der Waals surface area contributed by atoms with Gasteiger partial charge in [0.05, 0.1) is 0 Å². The molecule has 1 aliphatic heterocycles. The van der Waals surface area contributed by atoms with E-state index in [-0.39, 0.29) is 0 Å². The van der Waals surface area contributed by atoms with E-state index in [2.05, 4.69) is 36.2 Å². The first-order chi connectivity index (χ1) is 8.24. The summed E-state index contributed by atoms with van der Waals surface area (Å²) in [6.45, 7) is 10.6. The van der Waals surface area contributed by atoms with Crippen molar-refractivity contribution in [2.75, 3.05) is 26.2 Å². The molecule has 1 N–H and O–H groups in total. The van der Waals surface area contributed by atoms with E-state index in [0.717, 1.165) is 19.0 Å². The third-order valence-corrected chi connectivity index (χ3v) is 4.36. The summed E-state index contributed by atoms with van der Waals surface area (Å²) in [6, 6.07) is 4.44. The Morgan fingerprint density at radius 1 is 1.35 bits per heavy atom. The SMILES string of the molecule is Cc1ccc(CNCC(C)CN2CCCC2)s1. The Kier molecular flexibility index (Phi) is 5.01. The maximum atomic E-state index is 3.57. The normalized spacial score (nSPS) is 18.7. The minimum atomic E-state index is 0.758. The highest BCUT2D eigenvalue weighted by atomic mass is 32.1. The summed E-state index contributed by atoms with van der Waals surface area (Å²) in [6.07, 6.45) is 2.79. The third-order valence-electron chi connectivity index (χ3n) is 3.36. The van der Waals surface area contributed by atoms with Gasteiger partial charge in [-0.05, 0) is 57.5 Å². The van der Waals surface area contributed by atoms with Crippen LogP contribution in [0.1, 0.15) is 29.5 Å². The van der Waals surface area contributed by atoms with Crippen LogP contribution >= 0.6 is 11.3 Å². The zero-order valence-electron chi connectivity index (χ0n) is 11.0. The first-order valence-corrected chi connectivity index (χ1v) is 7.54. The van der Waals surface area contributed by atoms with Crippen LogP contribution in [0.2, 0.25) is 0 Å². The van der Waals surface area contributed by atoms with Gasteiger partial charge < -0.3 is 10.2 Å². The van der Waals surface area contributed by atoms with Gasteiger partial charge in [-0.15, -0.1) is 11.3 Å². The van der Waals surface area contributed by atoms with Gasteiger partial charge in [-0.3, -0.25) is 0 Å². The van der Waals surface area contributed by atoms with Crippen molar-refractivity contribution in [1.82, 2.24) is 10.2 Å². The smallest absolute Gasteiger partial charge is 0.0299 e. The molecule has 0 amide bonds. The number of likely N-dealkylation sites (tertiary alicyclic amines) is 1. The van der Waals surface area contributed by atoms with Gasteiger partial charge in [-0.1, -0.05) is 6.92 Å². The summed E-state index contributed by atoms with van der Waals surface area (Å²) >= 11 is 1.90. The second-order valence-corrected chi connectivity index (χ2v) is 6.63. The number of hydrogen-bond donors (Lipinski definition) is 1. The Balaban J connectivity index is 1.60. The summed E-state index contributed by atoms with van der Waals surface area (Å²) in [5, 5.41) is 3.57. The van der Waals surface area contributed by atoms with Crippen LogP contribution in [-0.4, -0.2) is 31.1 Å². The van der Waals surface area contributed by atoms with Crippen molar-refractivity contribution in [3.05, 3.63) is 21.9 Å². The Morgan fingerprint density at radius 2 is 2.12 bits per heavy atom. The van der Waals surface area contributed by atoms with Gasteiger partial charge >= 0.3 is 0 Å². The number of hydrogen-bond acceptors (Lipinski definition) is 3. The van der Waals surface area contributed by atoms with Gasteiger partial charge in [0.25, 0.3) is 0 Å². The predicted molar refractivity (Wildman–Crippen MR) is 75.6 cm³/mol. The van der Waals surface area contributed by atoms with Crippen molar-refractivity contribution in [3.8, 4) is 0 Å². The molecule has 1 aromatic heterocycles. The van der Waals surface area contributed by atoms with Crippen LogP contribution in [0.5, 0.6) is 0 Å². The molecule has 0 aromatic carbocycles. The zero-order valence-corrected chi connectivity index (χ0v) is 11.9. The number of nitrogens with one attached hydrogen (secondary N) is 1. The molecule has 96 valence electrons. The lowest BCUT2D eigenvalue weighted by atomic mass is 10.1. The minimum Gasteiger partial charge on any atom is -0.312 e. The van der Waals surface area contributed by atoms with Crippen LogP contribution in [0.25, 0.3) is 0 Å². The van der Waals surface area contributed by atoms with Crippen molar-refractivity contribution in [3.63, 3.8) is 0 Å². The molecule has 0 radical (unpaired) electrons. The second kappa shape index (κ2) is 6.53. The van der Waals surface area contributed by atoms with E-state index >= 15 is 0 Å². The monoisotopic (exact) mass is 252 g/mol. The van der Waals surface area contributed by atoms with Gasteiger partial charge in [0.1, 0.15) is 0 Å². The molecule has 0 spiro atoms. The minimum absolute atomic E-state index is 0.758. The number of thiophene rings is 1. The van der Waals surface area contributed by atoms with Gasteiger partial charge in [0.2, 0.25) is 0 Å². The summed E-state index contributed by atoms with van der Waals surface area (Å²) in [5.74, 6) is 0.758. The maximum Gasteiger partial charge on any atom is 0.0299 e. The molecule has 1 atom stereocenters. The highest BCUT2D eigenvalue weighted by molar-refractivity contribution is 7.11. The van der Waals surface area contributed by atoms with Gasteiger partial charge in [-0.2, -0.15) is 0 Å². The average Bonchev–Trinajstić information content (AvgIpc) is 2.90. The molecule has 17 heavy (non-hydrogen) atoms. The highest BCUT2D eigenvalue weighted by Gasteiger charge is 2.14. The average molecular weight is 252 g/mol. The maximum absolute atomic E-state index is 3.57. The molecule has 1 aromatic rings. The molecule has 1 saturated heterocycles. The second-order valence-electron chi connectivity index (χ2n) is 5.26. The van der Waals surface area contributed by atoms with Gasteiger partial charge in [0.15, 0.2) is 0 Å². The van der Waals surface area contributed by atoms with Crippen LogP contribution in [0, 0.1) is 12.8 Å². The van der Waals surface area contributed by atoms with E-state index in [1.165, 1.54) is 42.2 Å². The topological polar surface area (TPSA) is 15.3 Å². The molecule has 0 saturated carbocycles. The van der Waals surface area contributed by atoms with Crippen LogP contribution in [0.3, 0.4) is 0 Å². The summed E-state index contributed by atoms with van der Waals surface area (Å²) in [7, 11) is 0. The Labute approximate surface area is 109 Å². The molecule has 2 rings (SSSR count). The van der Waals surface area contributed by atoms with E-state index in [1.54, 1.807) is 0 Å². The van der Waals surface area contributed by atoms with Crippen molar-refractivity contribution >= 4 is 11.3 Å². The summed E-state index contributed by atoms with van der Waals surface area (Å²) in [4.78, 5) is 5.46. The van der Waals surface area contributed by atoms with E-state index in [4.69, 9.17) is 0 Å². The molecule has 0 aliphatic carbocycles. The Morgan fingerprint density at radius 3 is 2.76 bits per heavy atom. The predicted octanol–water partition coefficient (Wildman–Crippen LogP) is 2.88.